The van der Waals surface area contributed by atoms with Gasteiger partial charge in [-0.15, -0.1) is 0 Å². The lowest BCUT2D eigenvalue weighted by Gasteiger charge is -2.30. The molecule has 1 N–H and O–H groups in total. The number of rotatable bonds is 3. The standard InChI is InChI=1S/C16H19F2N3O/c1-10-11(2)21-6-5-20(9-16(21)19-10)8-15(22)13-7-12(17)3-4-14(13)18/h3-4,7,15,22H,5-6,8-9H2,1-2H3/t15-/m0/s1. The van der Waals surface area contributed by atoms with Crippen LogP contribution in [0.2, 0.25) is 0 Å². The SMILES string of the molecule is Cc1nc2n(c1C)CCN(C[C@H](O)c1cc(F)ccc1F)C2. The van der Waals surface area contributed by atoms with Gasteiger partial charge in [-0.05, 0) is 32.0 Å². The first-order valence-electron chi connectivity index (χ1n) is 7.33. The molecule has 2 heterocycles. The molecule has 2 aromatic rings. The van der Waals surface area contributed by atoms with Crippen LogP contribution < -0.4 is 0 Å². The maximum atomic E-state index is 13.7. The number of halogens is 2. The highest BCUT2D eigenvalue weighted by Gasteiger charge is 2.23. The van der Waals surface area contributed by atoms with Crippen LogP contribution in [0.3, 0.4) is 0 Å². The van der Waals surface area contributed by atoms with Crippen molar-refractivity contribution in [1.82, 2.24) is 14.5 Å². The summed E-state index contributed by atoms with van der Waals surface area (Å²) in [5.74, 6) is -0.178. The summed E-state index contributed by atoms with van der Waals surface area (Å²) in [5.41, 5.74) is 2.17. The molecule has 22 heavy (non-hydrogen) atoms. The maximum absolute atomic E-state index is 13.7. The van der Waals surface area contributed by atoms with Crippen LogP contribution in [0.15, 0.2) is 18.2 Å². The van der Waals surface area contributed by atoms with Crippen molar-refractivity contribution < 1.29 is 13.9 Å². The lowest BCUT2D eigenvalue weighted by molar-refractivity contribution is 0.0932. The van der Waals surface area contributed by atoms with E-state index in [9.17, 15) is 13.9 Å². The van der Waals surface area contributed by atoms with Crippen LogP contribution in [0.25, 0.3) is 0 Å². The Bertz CT molecular complexity index is 699. The Morgan fingerprint density at radius 3 is 2.82 bits per heavy atom. The normalized spacial score (nSPS) is 16.6. The first kappa shape index (κ1) is 15.1. The van der Waals surface area contributed by atoms with E-state index in [4.69, 9.17) is 0 Å². The molecule has 0 unspecified atom stereocenters. The fourth-order valence-corrected chi connectivity index (χ4v) is 2.93. The molecular formula is C16H19F2N3O. The second kappa shape index (κ2) is 5.78. The van der Waals surface area contributed by atoms with Crippen LogP contribution in [0.4, 0.5) is 8.78 Å². The average Bonchev–Trinajstić information content (AvgIpc) is 2.76. The fraction of sp³-hybridized carbons (Fsp3) is 0.438. The summed E-state index contributed by atoms with van der Waals surface area (Å²) in [6.07, 6.45) is -1.06. The van der Waals surface area contributed by atoms with Crippen molar-refractivity contribution in [1.29, 1.82) is 0 Å². The first-order valence-corrected chi connectivity index (χ1v) is 7.33. The van der Waals surface area contributed by atoms with E-state index in [0.29, 0.717) is 6.54 Å². The molecule has 3 rings (SSSR count). The van der Waals surface area contributed by atoms with Gasteiger partial charge in [-0.25, -0.2) is 13.8 Å². The van der Waals surface area contributed by atoms with Gasteiger partial charge in [0, 0.05) is 30.9 Å². The van der Waals surface area contributed by atoms with Crippen molar-refractivity contribution in [2.45, 2.75) is 33.0 Å². The van der Waals surface area contributed by atoms with Gasteiger partial charge in [0.1, 0.15) is 17.5 Å². The van der Waals surface area contributed by atoms with Gasteiger partial charge in [-0.3, -0.25) is 4.90 Å². The minimum atomic E-state index is -1.06. The van der Waals surface area contributed by atoms with E-state index in [1.165, 1.54) is 0 Å². The van der Waals surface area contributed by atoms with Crippen LogP contribution in [-0.4, -0.2) is 32.6 Å². The molecule has 1 aromatic carbocycles. The Hall–Kier alpha value is -1.79. The number of aromatic nitrogens is 2. The lowest BCUT2D eigenvalue weighted by atomic mass is 10.1. The number of fused-ring (bicyclic) bond motifs is 1. The van der Waals surface area contributed by atoms with Crippen molar-refractivity contribution >= 4 is 0 Å². The number of imidazole rings is 1. The number of hydrogen-bond donors (Lipinski definition) is 1. The zero-order valence-corrected chi connectivity index (χ0v) is 12.7. The van der Waals surface area contributed by atoms with Crippen molar-refractivity contribution in [2.24, 2.45) is 0 Å². The van der Waals surface area contributed by atoms with E-state index in [2.05, 4.69) is 9.55 Å². The molecule has 6 heteroatoms. The first-order chi connectivity index (χ1) is 10.5. The molecule has 0 aliphatic carbocycles. The molecule has 0 saturated heterocycles. The Kier molecular flexibility index (Phi) is 3.97. The van der Waals surface area contributed by atoms with Gasteiger partial charge in [0.15, 0.2) is 0 Å². The molecule has 4 nitrogen and oxygen atoms in total. The van der Waals surface area contributed by atoms with Crippen LogP contribution in [0.1, 0.15) is 28.9 Å². The van der Waals surface area contributed by atoms with E-state index in [0.717, 1.165) is 48.5 Å². The van der Waals surface area contributed by atoms with Crippen LogP contribution in [-0.2, 0) is 13.1 Å². The summed E-state index contributed by atoms with van der Waals surface area (Å²) in [5, 5.41) is 10.2. The molecule has 1 aliphatic rings. The molecule has 0 amide bonds. The van der Waals surface area contributed by atoms with Crippen molar-refractivity contribution in [2.75, 3.05) is 13.1 Å². The van der Waals surface area contributed by atoms with Crippen molar-refractivity contribution in [3.8, 4) is 0 Å². The summed E-state index contributed by atoms with van der Waals surface area (Å²) >= 11 is 0. The topological polar surface area (TPSA) is 41.3 Å². The van der Waals surface area contributed by atoms with Crippen LogP contribution in [0.5, 0.6) is 0 Å². The van der Waals surface area contributed by atoms with Crippen molar-refractivity contribution in [3.05, 3.63) is 52.6 Å². The molecule has 1 aromatic heterocycles. The molecule has 0 radical (unpaired) electrons. The highest BCUT2D eigenvalue weighted by Crippen LogP contribution is 2.22. The third kappa shape index (κ3) is 2.76. The smallest absolute Gasteiger partial charge is 0.129 e. The Labute approximate surface area is 128 Å². The second-order valence-electron chi connectivity index (χ2n) is 5.77. The van der Waals surface area contributed by atoms with E-state index >= 15 is 0 Å². The predicted molar refractivity (Wildman–Crippen MR) is 78.3 cm³/mol. The van der Waals surface area contributed by atoms with Crippen LogP contribution in [0, 0.1) is 25.5 Å². The van der Waals surface area contributed by atoms with Crippen molar-refractivity contribution in [3.63, 3.8) is 0 Å². The Balaban J connectivity index is 1.73. The highest BCUT2D eigenvalue weighted by atomic mass is 19.1. The molecular weight excluding hydrogens is 288 g/mol. The summed E-state index contributed by atoms with van der Waals surface area (Å²) in [4.78, 5) is 6.53. The number of aliphatic hydroxyl groups is 1. The van der Waals surface area contributed by atoms with Gasteiger partial charge in [-0.1, -0.05) is 0 Å². The molecule has 0 fully saturated rings. The number of benzene rings is 1. The average molecular weight is 307 g/mol. The van der Waals surface area contributed by atoms with Gasteiger partial charge in [0.2, 0.25) is 0 Å². The summed E-state index contributed by atoms with van der Waals surface area (Å²) in [6, 6.07) is 3.15. The maximum Gasteiger partial charge on any atom is 0.129 e. The zero-order valence-electron chi connectivity index (χ0n) is 12.7. The van der Waals surface area contributed by atoms with Gasteiger partial charge in [0.25, 0.3) is 0 Å². The monoisotopic (exact) mass is 307 g/mol. The van der Waals surface area contributed by atoms with Gasteiger partial charge < -0.3 is 9.67 Å². The predicted octanol–water partition coefficient (Wildman–Crippen LogP) is 2.33. The quantitative estimate of drug-likeness (QED) is 0.946. The van der Waals surface area contributed by atoms with Gasteiger partial charge >= 0.3 is 0 Å². The number of aryl methyl sites for hydroxylation is 1. The summed E-state index contributed by atoms with van der Waals surface area (Å²) < 4.78 is 29.1. The largest absolute Gasteiger partial charge is 0.387 e. The van der Waals surface area contributed by atoms with E-state index in [1.807, 2.05) is 18.7 Å². The fourth-order valence-electron chi connectivity index (χ4n) is 2.93. The van der Waals surface area contributed by atoms with Gasteiger partial charge in [-0.2, -0.15) is 0 Å². The molecule has 0 bridgehead atoms. The Morgan fingerprint density at radius 2 is 2.05 bits per heavy atom. The summed E-state index contributed by atoms with van der Waals surface area (Å²) in [7, 11) is 0. The minimum absolute atomic E-state index is 0.00118. The number of aliphatic hydroxyl groups excluding tert-OH is 1. The molecule has 0 spiro atoms. The number of β-amino-alcohol motifs (C(OH)–C–C–N with tert-alkyl or cyclic N) is 1. The third-order valence-electron chi connectivity index (χ3n) is 4.29. The summed E-state index contributed by atoms with van der Waals surface area (Å²) in [6.45, 7) is 6.41. The van der Waals surface area contributed by atoms with Crippen LogP contribution >= 0.6 is 0 Å². The van der Waals surface area contributed by atoms with E-state index in [1.54, 1.807) is 0 Å². The van der Waals surface area contributed by atoms with Gasteiger partial charge in [0.05, 0.1) is 18.3 Å². The molecule has 1 aliphatic heterocycles. The molecule has 118 valence electrons. The number of nitrogens with zero attached hydrogens (tertiary/aromatic N) is 3. The molecule has 1 atom stereocenters. The number of hydrogen-bond acceptors (Lipinski definition) is 3. The lowest BCUT2D eigenvalue weighted by Crippen LogP contribution is -2.37. The second-order valence-corrected chi connectivity index (χ2v) is 5.77. The molecule has 0 saturated carbocycles. The minimum Gasteiger partial charge on any atom is -0.387 e. The Morgan fingerprint density at radius 1 is 1.27 bits per heavy atom. The highest BCUT2D eigenvalue weighted by molar-refractivity contribution is 5.21. The van der Waals surface area contributed by atoms with E-state index in [-0.39, 0.29) is 12.1 Å². The zero-order chi connectivity index (χ0) is 15.9. The van der Waals surface area contributed by atoms with E-state index < -0.39 is 17.7 Å². The third-order valence-corrected chi connectivity index (χ3v) is 4.29.